The van der Waals surface area contributed by atoms with Gasteiger partial charge in [0.15, 0.2) is 11.5 Å². The van der Waals surface area contributed by atoms with Crippen molar-refractivity contribution in [1.82, 2.24) is 29.3 Å². The van der Waals surface area contributed by atoms with Crippen molar-refractivity contribution >= 4 is 29.0 Å². The predicted molar refractivity (Wildman–Crippen MR) is 114 cm³/mol. The fraction of sp³-hybridized carbons (Fsp3) is 0.273. The van der Waals surface area contributed by atoms with Gasteiger partial charge in [-0.15, -0.1) is 0 Å². The lowest BCUT2D eigenvalue weighted by atomic mass is 10.3. The molecule has 0 spiro atoms. The van der Waals surface area contributed by atoms with E-state index in [0.717, 1.165) is 37.4 Å². The van der Waals surface area contributed by atoms with Gasteiger partial charge >= 0.3 is 0 Å². The summed E-state index contributed by atoms with van der Waals surface area (Å²) in [5.41, 5.74) is 2.23. The summed E-state index contributed by atoms with van der Waals surface area (Å²) < 4.78 is 1.87. The fourth-order valence-corrected chi connectivity index (χ4v) is 3.23. The van der Waals surface area contributed by atoms with Crippen LogP contribution in [-0.2, 0) is 20.9 Å². The number of pyridine rings is 2. The number of carbonyl (C=O) groups excluding carboxylic acids is 3. The van der Waals surface area contributed by atoms with E-state index in [1.165, 1.54) is 0 Å². The molecule has 1 amide bonds. The van der Waals surface area contributed by atoms with E-state index in [1.807, 2.05) is 39.8 Å². The number of hydrogen-bond donors (Lipinski definition) is 0. The van der Waals surface area contributed by atoms with E-state index in [4.69, 9.17) is 0 Å². The Morgan fingerprint density at radius 1 is 0.939 bits per heavy atom. The first-order chi connectivity index (χ1) is 15.8. The number of rotatable bonds is 5. The van der Waals surface area contributed by atoms with Gasteiger partial charge in [-0.2, -0.15) is 0 Å². The minimum absolute atomic E-state index is 0.0928. The molecule has 1 aliphatic heterocycles. The number of amides is 1. The molecule has 0 N–H and O–H groups in total. The minimum Gasteiger partial charge on any atom is -0.545 e. The summed E-state index contributed by atoms with van der Waals surface area (Å²) >= 11 is 0. The fourth-order valence-electron chi connectivity index (χ4n) is 3.23. The summed E-state index contributed by atoms with van der Waals surface area (Å²) in [6.45, 7) is 3.55. The average Bonchev–Trinajstić information content (AvgIpc) is 3.17. The molecule has 3 aromatic heterocycles. The van der Waals surface area contributed by atoms with Crippen LogP contribution < -0.4 is 10.2 Å². The second kappa shape index (κ2) is 11.0. The van der Waals surface area contributed by atoms with Crippen molar-refractivity contribution in [2.75, 3.05) is 33.2 Å². The lowest BCUT2D eigenvalue weighted by molar-refractivity contribution is -0.301. The molecule has 11 heteroatoms. The number of hydrogen-bond acceptors (Lipinski definition) is 9. The van der Waals surface area contributed by atoms with Crippen LogP contribution in [0.25, 0.3) is 22.7 Å². The molecule has 0 saturated carbocycles. The maximum absolute atomic E-state index is 12.8. The normalized spacial score (nSPS) is 14.2. The summed E-state index contributed by atoms with van der Waals surface area (Å²) in [5, 5.41) is 18.8. The van der Waals surface area contributed by atoms with Gasteiger partial charge in [0.05, 0.1) is 11.9 Å². The quantitative estimate of drug-likeness (QED) is 0.415. The van der Waals surface area contributed by atoms with Gasteiger partial charge in [0.1, 0.15) is 17.8 Å². The minimum atomic E-state index is -1.55. The number of fused-ring (bicyclic) bond motifs is 1. The van der Waals surface area contributed by atoms with E-state index >= 15 is 0 Å². The number of carboxylic acid groups (broad SMARTS) is 2. The molecule has 4 rings (SSSR count). The number of carbonyl (C=O) groups is 3. The van der Waals surface area contributed by atoms with E-state index < -0.39 is 11.9 Å². The molecule has 0 bridgehead atoms. The van der Waals surface area contributed by atoms with Crippen molar-refractivity contribution in [3.63, 3.8) is 0 Å². The SMILES string of the molecule is CN1CCN(C(=O)Cn2c(-c3ccccn3)nc3cccnc32)CC1.O=C([O-])/C=C/C(=O)[O-]. The van der Waals surface area contributed by atoms with Crippen LogP contribution in [0.4, 0.5) is 0 Å². The molecule has 11 nitrogen and oxygen atoms in total. The van der Waals surface area contributed by atoms with Crippen molar-refractivity contribution in [2.24, 2.45) is 0 Å². The Bertz CT molecular complexity index is 1140. The van der Waals surface area contributed by atoms with Gasteiger partial charge in [-0.1, -0.05) is 6.07 Å². The third-order valence-electron chi connectivity index (χ3n) is 4.90. The Morgan fingerprint density at radius 3 is 2.21 bits per heavy atom. The van der Waals surface area contributed by atoms with Crippen molar-refractivity contribution in [2.45, 2.75) is 6.54 Å². The maximum Gasteiger partial charge on any atom is 0.242 e. The summed E-state index contributed by atoms with van der Waals surface area (Å²) in [4.78, 5) is 49.3. The molecule has 0 aromatic carbocycles. The first-order valence-electron chi connectivity index (χ1n) is 10.1. The molecule has 0 unspecified atom stereocenters. The maximum atomic E-state index is 12.8. The van der Waals surface area contributed by atoms with Gasteiger partial charge in [0, 0.05) is 38.6 Å². The summed E-state index contributed by atoms with van der Waals surface area (Å²) in [6.07, 6.45) is 4.22. The molecule has 0 atom stereocenters. The van der Waals surface area contributed by atoms with Crippen LogP contribution in [0.15, 0.2) is 54.9 Å². The molecule has 0 aliphatic carbocycles. The second-order valence-electron chi connectivity index (χ2n) is 7.24. The third-order valence-corrected chi connectivity index (χ3v) is 4.90. The van der Waals surface area contributed by atoms with Crippen LogP contribution in [-0.4, -0.2) is 80.4 Å². The Kier molecular flexibility index (Phi) is 7.82. The molecule has 33 heavy (non-hydrogen) atoms. The zero-order valence-corrected chi connectivity index (χ0v) is 18.0. The Labute approximate surface area is 189 Å². The Morgan fingerprint density at radius 2 is 1.61 bits per heavy atom. The van der Waals surface area contributed by atoms with Gasteiger partial charge in [0.2, 0.25) is 5.91 Å². The predicted octanol–water partition coefficient (Wildman–Crippen LogP) is -1.69. The molecule has 1 fully saturated rings. The highest BCUT2D eigenvalue weighted by Crippen LogP contribution is 2.22. The number of carboxylic acids is 2. The second-order valence-corrected chi connectivity index (χ2v) is 7.24. The van der Waals surface area contributed by atoms with Crippen LogP contribution in [0.1, 0.15) is 0 Å². The van der Waals surface area contributed by atoms with E-state index in [0.29, 0.717) is 23.6 Å². The van der Waals surface area contributed by atoms with E-state index in [-0.39, 0.29) is 12.5 Å². The first kappa shape index (κ1) is 23.5. The van der Waals surface area contributed by atoms with Crippen LogP contribution in [0.5, 0.6) is 0 Å². The van der Waals surface area contributed by atoms with Crippen molar-refractivity contribution in [1.29, 1.82) is 0 Å². The molecule has 0 radical (unpaired) electrons. The van der Waals surface area contributed by atoms with Crippen molar-refractivity contribution < 1.29 is 24.6 Å². The van der Waals surface area contributed by atoms with Crippen molar-refractivity contribution in [3.05, 3.63) is 54.9 Å². The highest BCUT2D eigenvalue weighted by Gasteiger charge is 2.22. The van der Waals surface area contributed by atoms with Crippen LogP contribution in [0.3, 0.4) is 0 Å². The molecule has 3 aromatic rings. The van der Waals surface area contributed by atoms with Gasteiger partial charge < -0.3 is 29.6 Å². The number of piperazine rings is 1. The molecule has 172 valence electrons. The van der Waals surface area contributed by atoms with Gasteiger partial charge in [-0.25, -0.2) is 9.97 Å². The largest absolute Gasteiger partial charge is 0.545 e. The smallest absolute Gasteiger partial charge is 0.242 e. The molecule has 1 aliphatic rings. The number of likely N-dealkylation sites (N-methyl/N-ethyl adjacent to an activating group) is 1. The molecule has 4 heterocycles. The van der Waals surface area contributed by atoms with Crippen LogP contribution in [0.2, 0.25) is 0 Å². The highest BCUT2D eigenvalue weighted by atomic mass is 16.4. The zero-order chi connectivity index (χ0) is 23.8. The van der Waals surface area contributed by atoms with Gasteiger partial charge in [-0.3, -0.25) is 14.3 Å². The van der Waals surface area contributed by atoms with E-state index in [1.54, 1.807) is 12.4 Å². The number of aliphatic carboxylic acids is 2. The lowest BCUT2D eigenvalue weighted by Gasteiger charge is -2.32. The molecule has 1 saturated heterocycles. The monoisotopic (exact) mass is 450 g/mol. The van der Waals surface area contributed by atoms with Crippen LogP contribution >= 0.6 is 0 Å². The lowest BCUT2D eigenvalue weighted by Crippen LogP contribution is -2.48. The standard InChI is InChI=1S/C18H20N6O.C4H4O4/c1-22-9-11-23(12-10-22)16(25)13-24-17-15(6-4-8-20-17)21-18(24)14-5-2-3-7-19-14;5-3(6)1-2-4(7)8/h2-8H,9-13H2,1H3;1-2H,(H,5,6)(H,7,8)/p-2/b;2-1+. The zero-order valence-electron chi connectivity index (χ0n) is 18.0. The third kappa shape index (κ3) is 6.43. The van der Waals surface area contributed by atoms with E-state index in [9.17, 15) is 24.6 Å². The molecular formula is C22H22N6O5-2. The van der Waals surface area contributed by atoms with E-state index in [2.05, 4.69) is 26.9 Å². The first-order valence-corrected chi connectivity index (χ1v) is 10.1. The topological polar surface area (TPSA) is 147 Å². The average molecular weight is 450 g/mol. The number of aromatic nitrogens is 4. The van der Waals surface area contributed by atoms with Gasteiger partial charge in [0.25, 0.3) is 0 Å². The Hall–Kier alpha value is -4.12. The molecular weight excluding hydrogens is 428 g/mol. The van der Waals surface area contributed by atoms with Crippen LogP contribution in [0, 0.1) is 0 Å². The highest BCUT2D eigenvalue weighted by molar-refractivity contribution is 5.87. The summed E-state index contributed by atoms with van der Waals surface area (Å²) in [6, 6.07) is 9.44. The van der Waals surface area contributed by atoms with Gasteiger partial charge in [-0.05, 0) is 43.5 Å². The Balaban J connectivity index is 0.000000331. The van der Waals surface area contributed by atoms with Crippen molar-refractivity contribution in [3.8, 4) is 11.5 Å². The summed E-state index contributed by atoms with van der Waals surface area (Å²) in [7, 11) is 2.08. The number of nitrogens with zero attached hydrogens (tertiary/aromatic N) is 6. The summed E-state index contributed by atoms with van der Waals surface area (Å²) in [5.74, 6) is -2.32. The number of imidazole rings is 1.